The molecule has 1 aromatic carbocycles. The van der Waals surface area contributed by atoms with Gasteiger partial charge < -0.3 is 11.1 Å². The zero-order valence-corrected chi connectivity index (χ0v) is 13.4. The van der Waals surface area contributed by atoms with E-state index in [-0.39, 0.29) is 5.52 Å². The molecule has 25 heavy (non-hydrogen) atoms. The summed E-state index contributed by atoms with van der Waals surface area (Å²) in [7, 11) is 0. The molecule has 1 aromatic heterocycles. The molecule has 0 fully saturated rings. The van der Waals surface area contributed by atoms with Crippen molar-refractivity contribution in [1.29, 1.82) is 0 Å². The number of allylic oxidation sites excluding steroid dienone is 2. The van der Waals surface area contributed by atoms with Crippen LogP contribution in [0.4, 0.5) is 18.9 Å². The number of nitrogens with zero attached hydrogens (tertiary/aromatic N) is 1. The molecular weight excluding hydrogens is 331 g/mol. The fourth-order valence-electron chi connectivity index (χ4n) is 2.81. The quantitative estimate of drug-likeness (QED) is 0.880. The van der Waals surface area contributed by atoms with Gasteiger partial charge in [-0.2, -0.15) is 13.2 Å². The van der Waals surface area contributed by atoms with Crippen LogP contribution < -0.4 is 11.1 Å². The van der Waals surface area contributed by atoms with Crippen LogP contribution in [0.3, 0.4) is 0 Å². The van der Waals surface area contributed by atoms with E-state index in [0.29, 0.717) is 34.5 Å². The molecule has 0 aliphatic heterocycles. The van der Waals surface area contributed by atoms with Gasteiger partial charge in [0.15, 0.2) is 0 Å². The number of aryl methyl sites for hydroxylation is 1. The SMILES string of the molecule is Cc1cc(NC2=CCCC=C2C(N)=O)c2ccc(C(F)(F)F)cc2n1. The maximum Gasteiger partial charge on any atom is 0.416 e. The number of hydrogen-bond acceptors (Lipinski definition) is 3. The summed E-state index contributed by atoms with van der Waals surface area (Å²) in [5.41, 5.74) is 6.96. The highest BCUT2D eigenvalue weighted by Crippen LogP contribution is 2.34. The summed E-state index contributed by atoms with van der Waals surface area (Å²) >= 11 is 0. The van der Waals surface area contributed by atoms with Crippen LogP contribution in [-0.4, -0.2) is 10.9 Å². The number of anilines is 1. The summed E-state index contributed by atoms with van der Waals surface area (Å²) in [6.45, 7) is 1.70. The van der Waals surface area contributed by atoms with Crippen molar-refractivity contribution in [3.8, 4) is 0 Å². The Kier molecular flexibility index (Phi) is 4.24. The molecule has 7 heteroatoms. The van der Waals surface area contributed by atoms with Crippen molar-refractivity contribution in [3.63, 3.8) is 0 Å². The normalized spacial score (nSPS) is 14.9. The second-order valence-electron chi connectivity index (χ2n) is 5.84. The number of nitrogens with two attached hydrogens (primary N) is 1. The Morgan fingerprint density at radius 1 is 1.20 bits per heavy atom. The fraction of sp³-hybridized carbons (Fsp3) is 0.222. The van der Waals surface area contributed by atoms with Crippen LogP contribution in [0.5, 0.6) is 0 Å². The van der Waals surface area contributed by atoms with Crippen LogP contribution in [0.25, 0.3) is 10.9 Å². The van der Waals surface area contributed by atoms with Crippen molar-refractivity contribution < 1.29 is 18.0 Å². The second kappa shape index (κ2) is 6.23. The van der Waals surface area contributed by atoms with Crippen molar-refractivity contribution in [2.45, 2.75) is 25.9 Å². The molecule has 3 rings (SSSR count). The predicted molar refractivity (Wildman–Crippen MR) is 89.7 cm³/mol. The van der Waals surface area contributed by atoms with Crippen molar-refractivity contribution >= 4 is 22.5 Å². The molecule has 0 bridgehead atoms. The Bertz CT molecular complexity index is 914. The van der Waals surface area contributed by atoms with Gasteiger partial charge >= 0.3 is 6.18 Å². The molecule has 0 unspecified atom stereocenters. The van der Waals surface area contributed by atoms with E-state index in [1.807, 2.05) is 6.08 Å². The first kappa shape index (κ1) is 17.0. The number of amides is 1. The van der Waals surface area contributed by atoms with Gasteiger partial charge in [-0.25, -0.2) is 0 Å². The Morgan fingerprint density at radius 2 is 1.92 bits per heavy atom. The van der Waals surface area contributed by atoms with E-state index >= 15 is 0 Å². The van der Waals surface area contributed by atoms with Crippen LogP contribution in [0.15, 0.2) is 47.7 Å². The van der Waals surface area contributed by atoms with Crippen molar-refractivity contribution in [2.24, 2.45) is 5.73 Å². The first-order valence-corrected chi connectivity index (χ1v) is 7.72. The van der Waals surface area contributed by atoms with E-state index in [0.717, 1.165) is 18.6 Å². The number of pyridine rings is 1. The topological polar surface area (TPSA) is 68.0 Å². The summed E-state index contributed by atoms with van der Waals surface area (Å²) in [5, 5.41) is 3.66. The third-order valence-corrected chi connectivity index (χ3v) is 3.95. The summed E-state index contributed by atoms with van der Waals surface area (Å²) in [6, 6.07) is 5.14. The van der Waals surface area contributed by atoms with Crippen molar-refractivity contribution in [3.05, 3.63) is 58.9 Å². The minimum Gasteiger partial charge on any atom is -0.366 e. The maximum atomic E-state index is 12.9. The van der Waals surface area contributed by atoms with Gasteiger partial charge in [0.1, 0.15) is 0 Å². The minimum atomic E-state index is -4.43. The second-order valence-corrected chi connectivity index (χ2v) is 5.84. The number of rotatable bonds is 3. The molecule has 2 aromatic rings. The van der Waals surface area contributed by atoms with Gasteiger partial charge in [-0.05, 0) is 38.0 Å². The Labute approximate surface area is 142 Å². The van der Waals surface area contributed by atoms with E-state index < -0.39 is 17.6 Å². The predicted octanol–water partition coefficient (Wildman–Crippen LogP) is 4.06. The van der Waals surface area contributed by atoms with E-state index in [1.165, 1.54) is 6.07 Å². The number of carbonyl (C=O) groups is 1. The lowest BCUT2D eigenvalue weighted by atomic mass is 10.0. The van der Waals surface area contributed by atoms with Crippen LogP contribution >= 0.6 is 0 Å². The number of nitrogens with one attached hydrogen (secondary N) is 1. The van der Waals surface area contributed by atoms with Crippen LogP contribution in [0.1, 0.15) is 24.1 Å². The zero-order valence-electron chi connectivity index (χ0n) is 13.4. The van der Waals surface area contributed by atoms with Crippen LogP contribution in [0.2, 0.25) is 0 Å². The van der Waals surface area contributed by atoms with E-state index in [4.69, 9.17) is 5.73 Å². The highest BCUT2D eigenvalue weighted by atomic mass is 19.4. The lowest BCUT2D eigenvalue weighted by molar-refractivity contribution is -0.137. The van der Waals surface area contributed by atoms with Gasteiger partial charge in [-0.15, -0.1) is 0 Å². The molecular formula is C18H16F3N3O. The molecule has 0 saturated carbocycles. The Morgan fingerprint density at radius 3 is 2.60 bits per heavy atom. The van der Waals surface area contributed by atoms with Gasteiger partial charge in [-0.1, -0.05) is 18.2 Å². The minimum absolute atomic E-state index is 0.235. The highest BCUT2D eigenvalue weighted by Gasteiger charge is 2.30. The first-order chi connectivity index (χ1) is 11.8. The number of carbonyl (C=O) groups excluding carboxylic acids is 1. The Hall–Kier alpha value is -2.83. The van der Waals surface area contributed by atoms with E-state index in [1.54, 1.807) is 19.1 Å². The number of benzene rings is 1. The summed E-state index contributed by atoms with van der Waals surface area (Å²) in [6.07, 6.45) is 0.642. The molecule has 1 amide bonds. The van der Waals surface area contributed by atoms with Crippen molar-refractivity contribution in [1.82, 2.24) is 4.98 Å². The monoisotopic (exact) mass is 347 g/mol. The molecule has 1 heterocycles. The number of hydrogen-bond donors (Lipinski definition) is 2. The number of fused-ring (bicyclic) bond motifs is 1. The molecule has 1 aliphatic carbocycles. The molecule has 130 valence electrons. The molecule has 4 nitrogen and oxygen atoms in total. The maximum absolute atomic E-state index is 12.9. The lowest BCUT2D eigenvalue weighted by Gasteiger charge is -2.18. The summed E-state index contributed by atoms with van der Waals surface area (Å²) in [4.78, 5) is 15.8. The van der Waals surface area contributed by atoms with Gasteiger partial charge in [-0.3, -0.25) is 9.78 Å². The Balaban J connectivity index is 2.06. The summed E-state index contributed by atoms with van der Waals surface area (Å²) < 4.78 is 38.8. The third kappa shape index (κ3) is 3.50. The number of primary amides is 1. The molecule has 0 atom stereocenters. The van der Waals surface area contributed by atoms with Crippen LogP contribution in [-0.2, 0) is 11.0 Å². The van der Waals surface area contributed by atoms with Crippen molar-refractivity contribution in [2.75, 3.05) is 5.32 Å². The average Bonchev–Trinajstić information content (AvgIpc) is 2.53. The smallest absolute Gasteiger partial charge is 0.366 e. The van der Waals surface area contributed by atoms with E-state index in [9.17, 15) is 18.0 Å². The van der Waals surface area contributed by atoms with E-state index in [2.05, 4.69) is 10.3 Å². The molecule has 0 spiro atoms. The zero-order chi connectivity index (χ0) is 18.2. The number of halogens is 3. The van der Waals surface area contributed by atoms with Gasteiger partial charge in [0.2, 0.25) is 5.91 Å². The summed E-state index contributed by atoms with van der Waals surface area (Å²) in [5.74, 6) is -0.548. The first-order valence-electron chi connectivity index (χ1n) is 7.72. The third-order valence-electron chi connectivity index (χ3n) is 3.95. The fourth-order valence-corrected chi connectivity index (χ4v) is 2.81. The van der Waals surface area contributed by atoms with Gasteiger partial charge in [0.05, 0.1) is 16.7 Å². The average molecular weight is 347 g/mol. The van der Waals surface area contributed by atoms with Gasteiger partial charge in [0, 0.05) is 22.5 Å². The molecule has 0 saturated heterocycles. The molecule has 0 radical (unpaired) electrons. The number of alkyl halides is 3. The van der Waals surface area contributed by atoms with Crippen LogP contribution in [0, 0.1) is 6.92 Å². The standard InChI is InChI=1S/C18H16F3N3O/c1-10-8-15(24-14-5-3-2-4-13(14)17(22)25)12-7-6-11(18(19,20)21)9-16(12)23-10/h4-9H,2-3H2,1H3,(H2,22,25)(H,23,24). The molecule has 1 aliphatic rings. The van der Waals surface area contributed by atoms with Gasteiger partial charge in [0.25, 0.3) is 0 Å². The lowest BCUT2D eigenvalue weighted by Crippen LogP contribution is -2.20. The molecule has 3 N–H and O–H groups in total. The largest absolute Gasteiger partial charge is 0.416 e. The highest BCUT2D eigenvalue weighted by molar-refractivity contribution is 5.99. The number of aromatic nitrogens is 1.